The average molecular weight is 406 g/mol. The van der Waals surface area contributed by atoms with Crippen molar-refractivity contribution in [2.45, 2.75) is 16.5 Å². The van der Waals surface area contributed by atoms with E-state index in [9.17, 15) is 9.59 Å². The molecule has 9 heteroatoms. The zero-order valence-electron chi connectivity index (χ0n) is 13.8. The molecule has 0 saturated heterocycles. The van der Waals surface area contributed by atoms with Gasteiger partial charge in [0.05, 0.1) is 19.1 Å². The van der Waals surface area contributed by atoms with Crippen molar-refractivity contribution in [3.63, 3.8) is 0 Å². The van der Waals surface area contributed by atoms with Crippen LogP contribution in [-0.4, -0.2) is 29.2 Å². The van der Waals surface area contributed by atoms with Gasteiger partial charge in [-0.15, -0.1) is 21.5 Å². The van der Waals surface area contributed by atoms with Crippen molar-refractivity contribution < 1.29 is 14.3 Å². The van der Waals surface area contributed by atoms with Crippen LogP contribution in [0.4, 0.5) is 5.13 Å². The van der Waals surface area contributed by atoms with Crippen LogP contribution in [0.2, 0.25) is 0 Å². The van der Waals surface area contributed by atoms with E-state index in [4.69, 9.17) is 0 Å². The van der Waals surface area contributed by atoms with E-state index in [1.54, 1.807) is 23.5 Å². The number of benzene rings is 1. The number of hydrogen-bond acceptors (Lipinski definition) is 8. The summed E-state index contributed by atoms with van der Waals surface area (Å²) in [5.74, 6) is 0.244. The Balaban J connectivity index is 1.50. The molecular formula is C17H15N3O3S3. The molecule has 0 bridgehead atoms. The fourth-order valence-electron chi connectivity index (χ4n) is 2.05. The molecule has 2 aromatic heterocycles. The lowest BCUT2D eigenvalue weighted by Gasteiger charge is -2.01. The molecule has 0 unspecified atom stereocenters. The number of aromatic nitrogens is 2. The first-order chi connectivity index (χ1) is 12.6. The maximum Gasteiger partial charge on any atom is 0.337 e. The van der Waals surface area contributed by atoms with E-state index in [0.717, 1.165) is 14.8 Å². The number of nitrogens with one attached hydrogen (secondary N) is 1. The van der Waals surface area contributed by atoms with Gasteiger partial charge in [-0.1, -0.05) is 41.3 Å². The molecule has 0 fully saturated rings. The van der Waals surface area contributed by atoms with Crippen LogP contribution in [0, 0.1) is 0 Å². The molecule has 0 aliphatic rings. The number of carbonyl (C=O) groups excluding carboxylic acids is 2. The van der Waals surface area contributed by atoms with Crippen LogP contribution in [0.1, 0.15) is 20.8 Å². The number of rotatable bonds is 7. The Bertz CT molecular complexity index is 876. The molecule has 26 heavy (non-hydrogen) atoms. The smallest absolute Gasteiger partial charge is 0.337 e. The number of carbonyl (C=O) groups is 2. The summed E-state index contributed by atoms with van der Waals surface area (Å²) in [5, 5.41) is 13.3. The molecule has 134 valence electrons. The molecule has 3 rings (SSSR count). The molecule has 0 saturated carbocycles. The molecule has 1 amide bonds. The van der Waals surface area contributed by atoms with Crippen LogP contribution in [0.15, 0.2) is 46.1 Å². The van der Waals surface area contributed by atoms with Gasteiger partial charge in [-0.3, -0.25) is 4.79 Å². The Kier molecular flexibility index (Phi) is 6.37. The number of amides is 1. The molecule has 0 aliphatic carbocycles. The van der Waals surface area contributed by atoms with E-state index in [1.807, 2.05) is 29.6 Å². The number of methoxy groups -OCH3 is 1. The van der Waals surface area contributed by atoms with Gasteiger partial charge >= 0.3 is 5.97 Å². The largest absolute Gasteiger partial charge is 0.465 e. The lowest BCUT2D eigenvalue weighted by molar-refractivity contribution is -0.115. The third-order valence-corrected chi connectivity index (χ3v) is 6.22. The Hall–Kier alpha value is -2.23. The van der Waals surface area contributed by atoms with Crippen molar-refractivity contribution in [3.8, 4) is 0 Å². The monoisotopic (exact) mass is 405 g/mol. The van der Waals surface area contributed by atoms with Gasteiger partial charge in [0.1, 0.15) is 0 Å². The Morgan fingerprint density at radius 1 is 1.19 bits per heavy atom. The number of nitrogens with zero attached hydrogens (tertiary/aromatic N) is 2. The van der Waals surface area contributed by atoms with Gasteiger partial charge in [0.2, 0.25) is 11.0 Å². The highest BCUT2D eigenvalue weighted by atomic mass is 32.2. The molecular weight excluding hydrogens is 390 g/mol. The normalized spacial score (nSPS) is 10.5. The Morgan fingerprint density at radius 2 is 2.00 bits per heavy atom. The average Bonchev–Trinajstić information content (AvgIpc) is 3.31. The maximum atomic E-state index is 12.0. The van der Waals surface area contributed by atoms with Gasteiger partial charge in [0, 0.05) is 10.6 Å². The number of esters is 1. The fourth-order valence-corrected chi connectivity index (χ4v) is 4.48. The minimum atomic E-state index is -0.351. The number of thiophene rings is 1. The zero-order chi connectivity index (χ0) is 18.4. The number of hydrogen-bond donors (Lipinski definition) is 1. The van der Waals surface area contributed by atoms with E-state index in [-0.39, 0.29) is 11.9 Å². The van der Waals surface area contributed by atoms with Crippen LogP contribution in [0.25, 0.3) is 0 Å². The van der Waals surface area contributed by atoms with Gasteiger partial charge in [0.25, 0.3) is 0 Å². The van der Waals surface area contributed by atoms with Crippen molar-refractivity contribution in [1.82, 2.24) is 10.2 Å². The molecule has 0 radical (unpaired) electrons. The third-order valence-electron chi connectivity index (χ3n) is 3.31. The van der Waals surface area contributed by atoms with E-state index < -0.39 is 0 Å². The molecule has 0 spiro atoms. The summed E-state index contributed by atoms with van der Waals surface area (Å²) in [6, 6.07) is 11.1. The summed E-state index contributed by atoms with van der Waals surface area (Å²) in [6.07, 6.45) is 0.340. The first-order valence-electron chi connectivity index (χ1n) is 7.60. The second-order valence-corrected chi connectivity index (χ2v) is 8.39. The Labute approximate surface area is 162 Å². The van der Waals surface area contributed by atoms with Crippen molar-refractivity contribution >= 4 is 51.4 Å². The minimum Gasteiger partial charge on any atom is -0.465 e. The first-order valence-corrected chi connectivity index (χ1v) is 10.3. The predicted octanol–water partition coefficient (Wildman–Crippen LogP) is 3.86. The van der Waals surface area contributed by atoms with Crippen LogP contribution in [0.3, 0.4) is 0 Å². The van der Waals surface area contributed by atoms with Crippen LogP contribution >= 0.6 is 34.4 Å². The quantitative estimate of drug-likeness (QED) is 0.365. The second kappa shape index (κ2) is 8.93. The number of thioether (sulfide) groups is 1. The highest BCUT2D eigenvalue weighted by Crippen LogP contribution is 2.28. The summed E-state index contributed by atoms with van der Waals surface area (Å²) >= 11 is 4.42. The predicted molar refractivity (Wildman–Crippen MR) is 104 cm³/mol. The summed E-state index contributed by atoms with van der Waals surface area (Å²) in [7, 11) is 1.36. The lowest BCUT2D eigenvalue weighted by atomic mass is 10.1. The highest BCUT2D eigenvalue weighted by molar-refractivity contribution is 8.00. The van der Waals surface area contributed by atoms with E-state index in [2.05, 4.69) is 20.3 Å². The van der Waals surface area contributed by atoms with Crippen molar-refractivity contribution in [2.24, 2.45) is 0 Å². The molecule has 1 N–H and O–H groups in total. The molecule has 6 nitrogen and oxygen atoms in total. The molecule has 0 aliphatic heterocycles. The maximum absolute atomic E-state index is 12.0. The van der Waals surface area contributed by atoms with Crippen LogP contribution < -0.4 is 5.32 Å². The van der Waals surface area contributed by atoms with Gasteiger partial charge in [-0.25, -0.2) is 4.79 Å². The summed E-state index contributed by atoms with van der Waals surface area (Å²) in [5.41, 5.74) is 1.58. The summed E-state index contributed by atoms with van der Waals surface area (Å²) in [4.78, 5) is 24.4. The molecule has 3 aromatic rings. The molecule has 0 atom stereocenters. The SMILES string of the molecule is COC(=O)c1ccc(CSc2nnc(NC(=O)Cc3cccs3)s2)cc1. The zero-order valence-corrected chi connectivity index (χ0v) is 16.2. The van der Waals surface area contributed by atoms with Crippen LogP contribution in [-0.2, 0) is 21.7 Å². The molecule has 1 aromatic carbocycles. The topological polar surface area (TPSA) is 81.2 Å². The van der Waals surface area contributed by atoms with Crippen molar-refractivity contribution in [3.05, 3.63) is 57.8 Å². The van der Waals surface area contributed by atoms with Crippen LogP contribution in [0.5, 0.6) is 0 Å². The van der Waals surface area contributed by atoms with Gasteiger partial charge in [-0.2, -0.15) is 0 Å². The standard InChI is InChI=1S/C17H15N3O3S3/c1-23-15(22)12-6-4-11(5-7-12)10-25-17-20-19-16(26-17)18-14(21)9-13-3-2-8-24-13/h2-8H,9-10H2,1H3,(H,18,19,21). The lowest BCUT2D eigenvalue weighted by Crippen LogP contribution is -2.13. The van der Waals surface area contributed by atoms with Crippen molar-refractivity contribution in [1.29, 1.82) is 0 Å². The number of anilines is 1. The Morgan fingerprint density at radius 3 is 2.69 bits per heavy atom. The van der Waals surface area contributed by atoms with E-state index in [1.165, 1.54) is 30.2 Å². The third kappa shape index (κ3) is 5.13. The van der Waals surface area contributed by atoms with E-state index in [0.29, 0.717) is 22.9 Å². The van der Waals surface area contributed by atoms with Gasteiger partial charge < -0.3 is 10.1 Å². The number of ether oxygens (including phenoxy) is 1. The minimum absolute atomic E-state index is 0.0986. The summed E-state index contributed by atoms with van der Waals surface area (Å²) < 4.78 is 5.45. The van der Waals surface area contributed by atoms with Gasteiger partial charge in [-0.05, 0) is 29.1 Å². The van der Waals surface area contributed by atoms with E-state index >= 15 is 0 Å². The highest BCUT2D eigenvalue weighted by Gasteiger charge is 2.10. The fraction of sp³-hybridized carbons (Fsp3) is 0.176. The summed E-state index contributed by atoms with van der Waals surface area (Å²) in [6.45, 7) is 0. The molecule has 2 heterocycles. The van der Waals surface area contributed by atoms with Crippen molar-refractivity contribution in [2.75, 3.05) is 12.4 Å². The van der Waals surface area contributed by atoms with Gasteiger partial charge in [0.15, 0.2) is 4.34 Å². The first kappa shape index (κ1) is 18.6. The second-order valence-electron chi connectivity index (χ2n) is 5.15.